The van der Waals surface area contributed by atoms with Gasteiger partial charge in [0.1, 0.15) is 5.76 Å². The second kappa shape index (κ2) is 6.02. The van der Waals surface area contributed by atoms with Crippen molar-refractivity contribution in [3.63, 3.8) is 0 Å². The standard InChI is InChI=1S/C16H20N2O2S/c1-11-15(12(2)20-17-11)7-8-16(19)18(13-5-6-13)10-14-4-3-9-21-14/h3-4,9,13H,5-8,10H2,1-2H3. The lowest BCUT2D eigenvalue weighted by atomic mass is 10.1. The first kappa shape index (κ1) is 14.3. The summed E-state index contributed by atoms with van der Waals surface area (Å²) in [6.07, 6.45) is 3.53. The molecular weight excluding hydrogens is 284 g/mol. The maximum Gasteiger partial charge on any atom is 0.223 e. The monoisotopic (exact) mass is 304 g/mol. The minimum absolute atomic E-state index is 0.242. The first-order chi connectivity index (χ1) is 10.1. The van der Waals surface area contributed by atoms with Gasteiger partial charge >= 0.3 is 0 Å². The minimum atomic E-state index is 0.242. The summed E-state index contributed by atoms with van der Waals surface area (Å²) in [4.78, 5) is 15.9. The van der Waals surface area contributed by atoms with E-state index >= 15 is 0 Å². The molecule has 3 rings (SSSR count). The Morgan fingerprint density at radius 1 is 1.48 bits per heavy atom. The molecule has 2 aromatic rings. The molecule has 0 unspecified atom stereocenters. The van der Waals surface area contributed by atoms with E-state index in [-0.39, 0.29) is 5.91 Å². The zero-order valence-corrected chi connectivity index (χ0v) is 13.3. The third-order valence-corrected chi connectivity index (χ3v) is 4.85. The summed E-state index contributed by atoms with van der Waals surface area (Å²) in [5.74, 6) is 1.07. The predicted octanol–water partition coefficient (Wildman–Crippen LogP) is 3.48. The number of thiophene rings is 1. The van der Waals surface area contributed by atoms with Gasteiger partial charge in [0.25, 0.3) is 0 Å². The molecular formula is C16H20N2O2S. The second-order valence-electron chi connectivity index (χ2n) is 5.63. The van der Waals surface area contributed by atoms with Crippen LogP contribution < -0.4 is 0 Å². The minimum Gasteiger partial charge on any atom is -0.361 e. The summed E-state index contributed by atoms with van der Waals surface area (Å²) in [5.41, 5.74) is 1.98. The Kier molecular flexibility index (Phi) is 4.10. The highest BCUT2D eigenvalue weighted by atomic mass is 32.1. The fourth-order valence-electron chi connectivity index (χ4n) is 2.61. The van der Waals surface area contributed by atoms with Gasteiger partial charge in [-0.1, -0.05) is 11.2 Å². The Hall–Kier alpha value is -1.62. The van der Waals surface area contributed by atoms with Crippen molar-refractivity contribution in [3.8, 4) is 0 Å². The number of carbonyl (C=O) groups excluding carboxylic acids is 1. The van der Waals surface area contributed by atoms with Gasteiger partial charge in [0, 0.05) is 22.9 Å². The molecule has 0 radical (unpaired) electrons. The predicted molar refractivity (Wildman–Crippen MR) is 82.2 cm³/mol. The summed E-state index contributed by atoms with van der Waals surface area (Å²) in [5, 5.41) is 6.01. The van der Waals surface area contributed by atoms with Crippen LogP contribution in [0.3, 0.4) is 0 Å². The summed E-state index contributed by atoms with van der Waals surface area (Å²) < 4.78 is 5.16. The Morgan fingerprint density at radius 2 is 2.29 bits per heavy atom. The van der Waals surface area contributed by atoms with Crippen LogP contribution in [-0.2, 0) is 17.8 Å². The van der Waals surface area contributed by atoms with Gasteiger partial charge in [0.05, 0.1) is 12.2 Å². The van der Waals surface area contributed by atoms with Crippen LogP contribution in [0.4, 0.5) is 0 Å². The molecule has 1 saturated carbocycles. The van der Waals surface area contributed by atoms with E-state index in [1.807, 2.05) is 24.8 Å². The molecule has 1 aliphatic rings. The van der Waals surface area contributed by atoms with Gasteiger partial charge < -0.3 is 9.42 Å². The lowest BCUT2D eigenvalue weighted by molar-refractivity contribution is -0.132. The molecule has 0 saturated heterocycles. The smallest absolute Gasteiger partial charge is 0.223 e. The Bertz CT molecular complexity index is 595. The molecule has 0 N–H and O–H groups in total. The van der Waals surface area contributed by atoms with Crippen LogP contribution in [0.1, 0.15) is 41.2 Å². The van der Waals surface area contributed by atoms with Gasteiger partial charge in [0.2, 0.25) is 5.91 Å². The van der Waals surface area contributed by atoms with Crippen molar-refractivity contribution < 1.29 is 9.32 Å². The molecule has 1 amide bonds. The van der Waals surface area contributed by atoms with Crippen molar-refractivity contribution in [2.24, 2.45) is 0 Å². The van der Waals surface area contributed by atoms with E-state index in [4.69, 9.17) is 4.52 Å². The van der Waals surface area contributed by atoms with E-state index in [9.17, 15) is 4.79 Å². The number of amides is 1. The fourth-order valence-corrected chi connectivity index (χ4v) is 3.31. The van der Waals surface area contributed by atoms with E-state index in [0.717, 1.165) is 36.4 Å². The van der Waals surface area contributed by atoms with Gasteiger partial charge in [0.15, 0.2) is 0 Å². The summed E-state index contributed by atoms with van der Waals surface area (Å²) in [6, 6.07) is 4.59. The third-order valence-electron chi connectivity index (χ3n) is 3.98. The van der Waals surface area contributed by atoms with Gasteiger partial charge in [-0.05, 0) is 44.6 Å². The number of hydrogen-bond acceptors (Lipinski definition) is 4. The first-order valence-electron chi connectivity index (χ1n) is 7.38. The molecule has 0 bridgehead atoms. The van der Waals surface area contributed by atoms with E-state index in [1.165, 1.54) is 4.88 Å². The van der Waals surface area contributed by atoms with Crippen LogP contribution >= 0.6 is 11.3 Å². The van der Waals surface area contributed by atoms with E-state index in [0.29, 0.717) is 18.9 Å². The normalized spacial score (nSPS) is 14.4. The van der Waals surface area contributed by atoms with Crippen molar-refractivity contribution in [2.45, 2.75) is 52.1 Å². The van der Waals surface area contributed by atoms with Crippen LogP contribution in [0.15, 0.2) is 22.0 Å². The number of carbonyl (C=O) groups is 1. The maximum absolute atomic E-state index is 12.5. The molecule has 2 heterocycles. The number of aryl methyl sites for hydroxylation is 2. The second-order valence-corrected chi connectivity index (χ2v) is 6.67. The van der Waals surface area contributed by atoms with Crippen molar-refractivity contribution in [3.05, 3.63) is 39.4 Å². The molecule has 4 nitrogen and oxygen atoms in total. The topological polar surface area (TPSA) is 46.3 Å². The summed E-state index contributed by atoms with van der Waals surface area (Å²) in [7, 11) is 0. The largest absolute Gasteiger partial charge is 0.361 e. The van der Waals surface area contributed by atoms with Crippen LogP contribution in [0, 0.1) is 13.8 Å². The SMILES string of the molecule is Cc1noc(C)c1CCC(=O)N(Cc1cccs1)C1CC1. The lowest BCUT2D eigenvalue weighted by Gasteiger charge is -2.21. The van der Waals surface area contributed by atoms with Crippen LogP contribution in [-0.4, -0.2) is 22.0 Å². The van der Waals surface area contributed by atoms with Crippen LogP contribution in [0.5, 0.6) is 0 Å². The van der Waals surface area contributed by atoms with Crippen molar-refractivity contribution in [2.75, 3.05) is 0 Å². The molecule has 112 valence electrons. The van der Waals surface area contributed by atoms with Gasteiger partial charge in [-0.15, -0.1) is 11.3 Å². The molecule has 1 fully saturated rings. The van der Waals surface area contributed by atoms with Crippen molar-refractivity contribution >= 4 is 17.2 Å². The molecule has 21 heavy (non-hydrogen) atoms. The first-order valence-corrected chi connectivity index (χ1v) is 8.26. The van der Waals surface area contributed by atoms with Gasteiger partial charge in [-0.3, -0.25) is 4.79 Å². The Morgan fingerprint density at radius 3 is 2.86 bits per heavy atom. The zero-order chi connectivity index (χ0) is 14.8. The van der Waals surface area contributed by atoms with Gasteiger partial charge in [-0.2, -0.15) is 0 Å². The van der Waals surface area contributed by atoms with Crippen LogP contribution in [0.25, 0.3) is 0 Å². The zero-order valence-electron chi connectivity index (χ0n) is 12.5. The maximum atomic E-state index is 12.5. The fraction of sp³-hybridized carbons (Fsp3) is 0.500. The summed E-state index contributed by atoms with van der Waals surface area (Å²) >= 11 is 1.72. The molecule has 5 heteroatoms. The Balaban J connectivity index is 1.62. The highest BCUT2D eigenvalue weighted by Gasteiger charge is 2.32. The van der Waals surface area contributed by atoms with Gasteiger partial charge in [-0.25, -0.2) is 0 Å². The molecule has 1 aliphatic carbocycles. The average molecular weight is 304 g/mol. The molecule has 0 spiro atoms. The van der Waals surface area contributed by atoms with Crippen molar-refractivity contribution in [1.82, 2.24) is 10.1 Å². The number of nitrogens with zero attached hydrogens (tertiary/aromatic N) is 2. The molecule has 2 aromatic heterocycles. The van der Waals surface area contributed by atoms with E-state index in [1.54, 1.807) is 11.3 Å². The van der Waals surface area contributed by atoms with Crippen molar-refractivity contribution in [1.29, 1.82) is 0 Å². The number of rotatable bonds is 6. The Labute approximate surface area is 128 Å². The highest BCUT2D eigenvalue weighted by Crippen LogP contribution is 2.30. The van der Waals surface area contributed by atoms with E-state index in [2.05, 4.69) is 16.6 Å². The molecule has 0 atom stereocenters. The molecule has 0 aromatic carbocycles. The number of hydrogen-bond donors (Lipinski definition) is 0. The average Bonchev–Trinajstić information content (AvgIpc) is 3.08. The summed E-state index contributed by atoms with van der Waals surface area (Å²) in [6.45, 7) is 4.59. The van der Waals surface area contributed by atoms with E-state index < -0.39 is 0 Å². The lowest BCUT2D eigenvalue weighted by Crippen LogP contribution is -2.32. The van der Waals surface area contributed by atoms with Crippen LogP contribution in [0.2, 0.25) is 0 Å². The number of aromatic nitrogens is 1. The quantitative estimate of drug-likeness (QED) is 0.821. The molecule has 0 aliphatic heterocycles. The third kappa shape index (κ3) is 3.35. The highest BCUT2D eigenvalue weighted by molar-refractivity contribution is 7.09.